The van der Waals surface area contributed by atoms with Crippen LogP contribution in [0.5, 0.6) is 0 Å². The molecule has 1 aliphatic rings. The van der Waals surface area contributed by atoms with Gasteiger partial charge in [0, 0.05) is 53.1 Å². The zero-order chi connectivity index (χ0) is 17.4. The number of aryl methyl sites for hydroxylation is 2. The number of H-pyrrole nitrogens is 1. The SMILES string of the molecule is CN1CCN(C(=O)CCc2nc3c([nH]2)c(=O)n(C)c(=O)n3C)CC1. The summed E-state index contributed by atoms with van der Waals surface area (Å²) in [6.45, 7) is 3.25. The van der Waals surface area contributed by atoms with Gasteiger partial charge < -0.3 is 14.8 Å². The lowest BCUT2D eigenvalue weighted by atomic mass is 10.2. The molecule has 3 heterocycles. The Morgan fingerprint density at radius 1 is 1.08 bits per heavy atom. The Bertz CT molecular complexity index is 885. The van der Waals surface area contributed by atoms with E-state index in [2.05, 4.69) is 14.9 Å². The van der Waals surface area contributed by atoms with Gasteiger partial charge in [-0.3, -0.25) is 18.7 Å². The lowest BCUT2D eigenvalue weighted by Gasteiger charge is -2.32. The van der Waals surface area contributed by atoms with Crippen molar-refractivity contribution in [3.63, 3.8) is 0 Å². The van der Waals surface area contributed by atoms with Crippen molar-refractivity contribution in [2.24, 2.45) is 14.1 Å². The van der Waals surface area contributed by atoms with Crippen LogP contribution in [-0.4, -0.2) is 68.0 Å². The molecule has 3 rings (SSSR count). The van der Waals surface area contributed by atoms with Crippen LogP contribution in [0.25, 0.3) is 11.2 Å². The smallest absolute Gasteiger partial charge is 0.332 e. The second-order valence-electron chi connectivity index (χ2n) is 6.27. The molecule has 0 aromatic carbocycles. The summed E-state index contributed by atoms with van der Waals surface area (Å²) in [7, 11) is 5.05. The zero-order valence-corrected chi connectivity index (χ0v) is 14.2. The van der Waals surface area contributed by atoms with Gasteiger partial charge in [0.1, 0.15) is 11.3 Å². The van der Waals surface area contributed by atoms with Gasteiger partial charge in [0.25, 0.3) is 5.56 Å². The number of nitrogens with one attached hydrogen (secondary N) is 1. The first-order chi connectivity index (χ1) is 11.4. The number of amides is 1. The molecule has 1 fully saturated rings. The average Bonchev–Trinajstić information content (AvgIpc) is 3.01. The molecule has 2 aromatic rings. The highest BCUT2D eigenvalue weighted by molar-refractivity contribution is 5.76. The molecule has 0 radical (unpaired) electrons. The third kappa shape index (κ3) is 2.86. The maximum Gasteiger partial charge on any atom is 0.332 e. The van der Waals surface area contributed by atoms with E-state index in [4.69, 9.17) is 0 Å². The molecule has 2 aromatic heterocycles. The highest BCUT2D eigenvalue weighted by Crippen LogP contribution is 2.08. The van der Waals surface area contributed by atoms with Gasteiger partial charge in [-0.1, -0.05) is 0 Å². The number of fused-ring (bicyclic) bond motifs is 1. The van der Waals surface area contributed by atoms with Crippen molar-refractivity contribution < 1.29 is 4.79 Å². The fraction of sp³-hybridized carbons (Fsp3) is 0.600. The number of piperazine rings is 1. The molecule has 1 aliphatic heterocycles. The number of aromatic nitrogens is 4. The molecular weight excluding hydrogens is 312 g/mol. The monoisotopic (exact) mass is 334 g/mol. The Morgan fingerprint density at radius 3 is 2.42 bits per heavy atom. The number of rotatable bonds is 3. The number of likely N-dealkylation sites (N-methyl/N-ethyl adjacent to an activating group) is 1. The first-order valence-electron chi connectivity index (χ1n) is 7.99. The summed E-state index contributed by atoms with van der Waals surface area (Å²) in [4.78, 5) is 47.7. The van der Waals surface area contributed by atoms with Crippen molar-refractivity contribution in [1.29, 1.82) is 0 Å². The summed E-state index contributed by atoms with van der Waals surface area (Å²) < 4.78 is 2.37. The molecule has 9 nitrogen and oxygen atoms in total. The van der Waals surface area contributed by atoms with Crippen molar-refractivity contribution in [3.05, 3.63) is 26.7 Å². The van der Waals surface area contributed by atoms with E-state index in [1.807, 2.05) is 11.9 Å². The number of hydrogen-bond acceptors (Lipinski definition) is 5. The number of aromatic amines is 1. The lowest BCUT2D eigenvalue weighted by Crippen LogP contribution is -2.47. The summed E-state index contributed by atoms with van der Waals surface area (Å²) in [6, 6.07) is 0. The fourth-order valence-electron chi connectivity index (χ4n) is 2.93. The van der Waals surface area contributed by atoms with E-state index < -0.39 is 11.2 Å². The minimum atomic E-state index is -0.418. The maximum atomic E-state index is 12.3. The Labute approximate surface area is 138 Å². The number of carbonyl (C=O) groups excluding carboxylic acids is 1. The van der Waals surface area contributed by atoms with Gasteiger partial charge in [-0.05, 0) is 7.05 Å². The Balaban J connectivity index is 1.76. The van der Waals surface area contributed by atoms with Crippen LogP contribution in [0, 0.1) is 0 Å². The molecule has 0 unspecified atom stereocenters. The predicted molar refractivity (Wildman–Crippen MR) is 89.0 cm³/mol. The normalized spacial score (nSPS) is 16.0. The Morgan fingerprint density at radius 2 is 1.75 bits per heavy atom. The van der Waals surface area contributed by atoms with Crippen LogP contribution in [0.2, 0.25) is 0 Å². The lowest BCUT2D eigenvalue weighted by molar-refractivity contribution is -0.132. The van der Waals surface area contributed by atoms with E-state index in [0.29, 0.717) is 29.8 Å². The van der Waals surface area contributed by atoms with Crippen LogP contribution >= 0.6 is 0 Å². The largest absolute Gasteiger partial charge is 0.340 e. The topological polar surface area (TPSA) is 96.2 Å². The van der Waals surface area contributed by atoms with E-state index in [0.717, 1.165) is 30.7 Å². The summed E-state index contributed by atoms with van der Waals surface area (Å²) >= 11 is 0. The highest BCUT2D eigenvalue weighted by Gasteiger charge is 2.20. The minimum Gasteiger partial charge on any atom is -0.340 e. The van der Waals surface area contributed by atoms with Crippen LogP contribution in [-0.2, 0) is 25.3 Å². The standard InChI is InChI=1S/C15H22N6O3/c1-18-6-8-21(9-7-18)11(22)5-4-10-16-12-13(17-10)19(2)15(24)20(3)14(12)23/h4-9H2,1-3H3,(H,16,17). The number of nitrogens with zero attached hydrogens (tertiary/aromatic N) is 5. The Hall–Kier alpha value is -2.42. The molecule has 0 spiro atoms. The second kappa shape index (κ2) is 6.23. The summed E-state index contributed by atoms with van der Waals surface area (Å²) in [5.74, 6) is 0.635. The first-order valence-corrected chi connectivity index (χ1v) is 7.99. The first kappa shape index (κ1) is 16.4. The van der Waals surface area contributed by atoms with Crippen molar-refractivity contribution in [3.8, 4) is 0 Å². The number of imidazole rings is 1. The number of carbonyl (C=O) groups is 1. The predicted octanol–water partition coefficient (Wildman–Crippen LogP) is -1.33. The van der Waals surface area contributed by atoms with E-state index in [1.54, 1.807) is 7.05 Å². The zero-order valence-electron chi connectivity index (χ0n) is 14.2. The van der Waals surface area contributed by atoms with Crippen molar-refractivity contribution in [2.45, 2.75) is 12.8 Å². The van der Waals surface area contributed by atoms with Crippen LogP contribution in [0.1, 0.15) is 12.2 Å². The quantitative estimate of drug-likeness (QED) is 0.750. The molecule has 9 heteroatoms. The maximum absolute atomic E-state index is 12.3. The van der Waals surface area contributed by atoms with Gasteiger partial charge in [0.2, 0.25) is 5.91 Å². The molecule has 0 aliphatic carbocycles. The molecule has 1 amide bonds. The second-order valence-corrected chi connectivity index (χ2v) is 6.27. The van der Waals surface area contributed by atoms with Crippen LogP contribution in [0.15, 0.2) is 9.59 Å². The van der Waals surface area contributed by atoms with E-state index in [9.17, 15) is 14.4 Å². The van der Waals surface area contributed by atoms with Crippen LogP contribution < -0.4 is 11.2 Å². The molecule has 0 atom stereocenters. The molecule has 1 saturated heterocycles. The molecular formula is C15H22N6O3. The fourth-order valence-corrected chi connectivity index (χ4v) is 2.93. The van der Waals surface area contributed by atoms with Gasteiger partial charge in [-0.25, -0.2) is 9.78 Å². The van der Waals surface area contributed by atoms with Gasteiger partial charge in [0.05, 0.1) is 0 Å². The molecule has 0 bridgehead atoms. The third-order valence-electron chi connectivity index (χ3n) is 4.58. The molecule has 24 heavy (non-hydrogen) atoms. The number of hydrogen-bond donors (Lipinski definition) is 1. The summed E-state index contributed by atoms with van der Waals surface area (Å²) in [5.41, 5.74) is -0.205. The van der Waals surface area contributed by atoms with Gasteiger partial charge >= 0.3 is 5.69 Å². The molecule has 130 valence electrons. The van der Waals surface area contributed by atoms with Gasteiger partial charge in [-0.2, -0.15) is 0 Å². The minimum absolute atomic E-state index is 0.0883. The average molecular weight is 334 g/mol. The third-order valence-corrected chi connectivity index (χ3v) is 4.58. The van der Waals surface area contributed by atoms with Crippen molar-refractivity contribution >= 4 is 17.1 Å². The molecule has 1 N–H and O–H groups in total. The van der Waals surface area contributed by atoms with E-state index in [-0.39, 0.29) is 5.91 Å². The van der Waals surface area contributed by atoms with E-state index >= 15 is 0 Å². The Kier molecular flexibility index (Phi) is 4.27. The van der Waals surface area contributed by atoms with Crippen LogP contribution in [0.3, 0.4) is 0 Å². The summed E-state index contributed by atoms with van der Waals surface area (Å²) in [5, 5.41) is 0. The van der Waals surface area contributed by atoms with Gasteiger partial charge in [-0.15, -0.1) is 0 Å². The van der Waals surface area contributed by atoms with Crippen molar-refractivity contribution in [1.82, 2.24) is 28.9 Å². The van der Waals surface area contributed by atoms with Gasteiger partial charge in [0.15, 0.2) is 5.65 Å². The molecule has 0 saturated carbocycles. The van der Waals surface area contributed by atoms with Crippen molar-refractivity contribution in [2.75, 3.05) is 33.2 Å². The van der Waals surface area contributed by atoms with Crippen LogP contribution in [0.4, 0.5) is 0 Å². The highest BCUT2D eigenvalue weighted by atomic mass is 16.2. The van der Waals surface area contributed by atoms with E-state index in [1.165, 1.54) is 11.6 Å². The summed E-state index contributed by atoms with van der Waals surface area (Å²) in [6.07, 6.45) is 0.745.